The van der Waals surface area contributed by atoms with Crippen molar-refractivity contribution in [2.45, 2.75) is 38.4 Å². The van der Waals surface area contributed by atoms with Gasteiger partial charge >= 0.3 is 0 Å². The lowest BCUT2D eigenvalue weighted by Crippen LogP contribution is -2.15. The van der Waals surface area contributed by atoms with E-state index in [9.17, 15) is 4.79 Å². The number of aromatic amines is 1. The van der Waals surface area contributed by atoms with Gasteiger partial charge in [-0.15, -0.1) is 0 Å². The number of unbranched alkanes of at least 4 members (excludes halogenated alkanes) is 2. The highest BCUT2D eigenvalue weighted by molar-refractivity contribution is 7.98. The van der Waals surface area contributed by atoms with E-state index in [4.69, 9.17) is 0 Å². The molecule has 1 aromatic carbocycles. The highest BCUT2D eigenvalue weighted by atomic mass is 32.2. The van der Waals surface area contributed by atoms with Gasteiger partial charge in [0.05, 0.1) is 5.69 Å². The fourth-order valence-corrected chi connectivity index (χ4v) is 3.45. The zero-order chi connectivity index (χ0) is 16.8. The van der Waals surface area contributed by atoms with Crippen LogP contribution in [0.5, 0.6) is 0 Å². The first kappa shape index (κ1) is 16.8. The van der Waals surface area contributed by atoms with Gasteiger partial charge in [-0.05, 0) is 17.7 Å². The maximum atomic E-state index is 12.2. The molecule has 2 heterocycles. The third-order valence-electron chi connectivity index (χ3n) is 3.79. The van der Waals surface area contributed by atoms with Crippen molar-refractivity contribution in [2.75, 3.05) is 5.75 Å². The third-order valence-corrected chi connectivity index (χ3v) is 4.86. The largest absolute Gasteiger partial charge is 0.275 e. The topological polar surface area (TPSA) is 63.0 Å². The van der Waals surface area contributed by atoms with E-state index in [1.54, 1.807) is 6.07 Å². The van der Waals surface area contributed by atoms with Crippen LogP contribution in [0.1, 0.15) is 43.3 Å². The van der Waals surface area contributed by atoms with Crippen molar-refractivity contribution in [3.63, 3.8) is 0 Å². The lowest BCUT2D eigenvalue weighted by molar-refractivity contribution is 0.778. The van der Waals surface area contributed by atoms with E-state index in [0.717, 1.165) is 28.6 Å². The second-order valence-electron chi connectivity index (χ2n) is 5.81. The van der Waals surface area contributed by atoms with E-state index < -0.39 is 0 Å². The minimum Gasteiger partial charge on any atom is -0.275 e. The molecule has 6 heteroatoms. The number of H-pyrrole nitrogens is 1. The predicted octanol–water partition coefficient (Wildman–Crippen LogP) is 3.43. The van der Waals surface area contributed by atoms with E-state index in [1.807, 2.05) is 42.1 Å². The summed E-state index contributed by atoms with van der Waals surface area (Å²) < 4.78 is 1.42. The third kappa shape index (κ3) is 4.26. The fourth-order valence-electron chi connectivity index (χ4n) is 2.54. The Morgan fingerprint density at radius 2 is 2.00 bits per heavy atom. The number of benzene rings is 1. The molecule has 2 aromatic heterocycles. The van der Waals surface area contributed by atoms with Crippen LogP contribution in [0.3, 0.4) is 0 Å². The summed E-state index contributed by atoms with van der Waals surface area (Å²) in [6.07, 6.45) is 4.35. The number of nitrogens with zero attached hydrogens (tertiary/aromatic N) is 3. The number of nitrogens with one attached hydrogen (secondary N) is 1. The molecule has 3 aromatic rings. The highest BCUT2D eigenvalue weighted by Crippen LogP contribution is 2.13. The Morgan fingerprint density at radius 3 is 2.79 bits per heavy atom. The summed E-state index contributed by atoms with van der Waals surface area (Å²) in [4.78, 5) is 21.2. The molecule has 0 saturated carbocycles. The maximum Gasteiger partial charge on any atom is 0.274 e. The molecule has 0 amide bonds. The number of thioether (sulfide) groups is 1. The Labute approximate surface area is 145 Å². The number of hydrogen-bond donors (Lipinski definition) is 1. The molecule has 3 rings (SSSR count). The summed E-state index contributed by atoms with van der Waals surface area (Å²) in [5.41, 5.74) is 1.85. The summed E-state index contributed by atoms with van der Waals surface area (Å²) in [6, 6.07) is 11.7. The molecule has 0 unspecified atom stereocenters. The van der Waals surface area contributed by atoms with Gasteiger partial charge in [-0.2, -0.15) is 21.3 Å². The summed E-state index contributed by atoms with van der Waals surface area (Å²) in [5.74, 6) is 3.07. The van der Waals surface area contributed by atoms with Crippen molar-refractivity contribution >= 4 is 17.5 Å². The molecule has 0 spiro atoms. The van der Waals surface area contributed by atoms with Gasteiger partial charge in [-0.3, -0.25) is 9.89 Å². The van der Waals surface area contributed by atoms with Crippen LogP contribution in [0, 0.1) is 0 Å². The molecule has 0 saturated heterocycles. The molecule has 126 valence electrons. The van der Waals surface area contributed by atoms with Gasteiger partial charge in [-0.25, -0.2) is 4.98 Å². The van der Waals surface area contributed by atoms with E-state index in [-0.39, 0.29) is 5.56 Å². The van der Waals surface area contributed by atoms with Gasteiger partial charge in [0, 0.05) is 18.2 Å². The minimum atomic E-state index is -0.101. The lowest BCUT2D eigenvalue weighted by atomic mass is 10.1. The van der Waals surface area contributed by atoms with Gasteiger partial charge < -0.3 is 0 Å². The molecular weight excluding hydrogens is 320 g/mol. The van der Waals surface area contributed by atoms with Crippen molar-refractivity contribution in [3.05, 3.63) is 63.8 Å². The first-order chi connectivity index (χ1) is 11.8. The molecule has 0 aliphatic rings. The van der Waals surface area contributed by atoms with Crippen LogP contribution in [0.2, 0.25) is 0 Å². The Kier molecular flexibility index (Phi) is 5.69. The first-order valence-corrected chi connectivity index (χ1v) is 9.51. The van der Waals surface area contributed by atoms with E-state index in [1.165, 1.54) is 23.8 Å². The molecule has 5 nitrogen and oxygen atoms in total. The van der Waals surface area contributed by atoms with Crippen LogP contribution in [-0.4, -0.2) is 25.3 Å². The second-order valence-corrected chi connectivity index (χ2v) is 6.92. The van der Waals surface area contributed by atoms with Crippen LogP contribution >= 0.6 is 11.8 Å². The minimum absolute atomic E-state index is 0.101. The van der Waals surface area contributed by atoms with Gasteiger partial charge in [0.2, 0.25) is 0 Å². The Bertz CT molecular complexity index is 841. The molecule has 0 aliphatic heterocycles. The molecule has 1 N–H and O–H groups in total. The highest BCUT2D eigenvalue weighted by Gasteiger charge is 2.08. The Hall–Kier alpha value is -2.08. The molecule has 0 atom stereocenters. The molecule has 0 bridgehead atoms. The van der Waals surface area contributed by atoms with Gasteiger partial charge in [-0.1, -0.05) is 50.1 Å². The van der Waals surface area contributed by atoms with Crippen LogP contribution < -0.4 is 5.56 Å². The maximum absolute atomic E-state index is 12.2. The van der Waals surface area contributed by atoms with E-state index in [0.29, 0.717) is 12.2 Å². The monoisotopic (exact) mass is 342 g/mol. The summed E-state index contributed by atoms with van der Waals surface area (Å²) >= 11 is 1.82. The smallest absolute Gasteiger partial charge is 0.274 e. The molecule has 0 aliphatic carbocycles. The van der Waals surface area contributed by atoms with Crippen molar-refractivity contribution in [3.8, 4) is 0 Å². The normalized spacial score (nSPS) is 11.2. The first-order valence-electron chi connectivity index (χ1n) is 8.35. The molecule has 24 heavy (non-hydrogen) atoms. The number of fused-ring (bicyclic) bond motifs is 1. The van der Waals surface area contributed by atoms with Crippen molar-refractivity contribution < 1.29 is 0 Å². The average molecular weight is 342 g/mol. The van der Waals surface area contributed by atoms with E-state index in [2.05, 4.69) is 22.0 Å². The van der Waals surface area contributed by atoms with Crippen LogP contribution in [0.25, 0.3) is 5.78 Å². The van der Waals surface area contributed by atoms with E-state index >= 15 is 0 Å². The van der Waals surface area contributed by atoms with Crippen LogP contribution in [0.15, 0.2) is 41.2 Å². The summed E-state index contributed by atoms with van der Waals surface area (Å²) in [7, 11) is 0. The Balaban J connectivity index is 1.72. The number of hydrogen-bond acceptors (Lipinski definition) is 4. The second kappa shape index (κ2) is 8.15. The van der Waals surface area contributed by atoms with Crippen molar-refractivity contribution in [2.24, 2.45) is 0 Å². The number of aromatic nitrogens is 4. The van der Waals surface area contributed by atoms with Gasteiger partial charge in [0.25, 0.3) is 11.3 Å². The van der Waals surface area contributed by atoms with Crippen LogP contribution in [-0.2, 0) is 12.2 Å². The average Bonchev–Trinajstić information content (AvgIpc) is 2.99. The van der Waals surface area contributed by atoms with Gasteiger partial charge in [0.1, 0.15) is 5.82 Å². The Morgan fingerprint density at radius 1 is 1.17 bits per heavy atom. The SMILES string of the molecule is CCCCCSCc1cc(=O)n2[nH]c(Cc3ccccc3)nc2n1. The molecule has 0 fully saturated rings. The zero-order valence-corrected chi connectivity index (χ0v) is 14.7. The van der Waals surface area contributed by atoms with Crippen molar-refractivity contribution in [1.29, 1.82) is 0 Å². The lowest BCUT2D eigenvalue weighted by Gasteiger charge is -2.00. The summed E-state index contributed by atoms with van der Waals surface area (Å²) in [5, 5.41) is 3.05. The predicted molar refractivity (Wildman–Crippen MR) is 98.5 cm³/mol. The van der Waals surface area contributed by atoms with Crippen molar-refractivity contribution in [1.82, 2.24) is 19.6 Å². The van der Waals surface area contributed by atoms with Gasteiger partial charge in [0.15, 0.2) is 0 Å². The van der Waals surface area contributed by atoms with Crippen LogP contribution in [0.4, 0.5) is 0 Å². The molecular formula is C18H22N4OS. The zero-order valence-electron chi connectivity index (χ0n) is 13.9. The summed E-state index contributed by atoms with van der Waals surface area (Å²) in [6.45, 7) is 2.20. The quantitative estimate of drug-likeness (QED) is 0.637. The fraction of sp³-hybridized carbons (Fsp3) is 0.389. The number of rotatable bonds is 8. The molecule has 0 radical (unpaired) electrons. The standard InChI is InChI=1S/C18H22N4OS/c1-2-3-7-10-24-13-15-12-17(23)22-18(19-15)20-16(21-22)11-14-8-5-4-6-9-14/h4-6,8-9,12H,2-3,7,10-11,13H2,1H3,(H,19,20,21).